The van der Waals surface area contributed by atoms with Crippen molar-refractivity contribution in [2.45, 2.75) is 64.0 Å². The molecule has 1 atom stereocenters. The van der Waals surface area contributed by atoms with Crippen molar-refractivity contribution in [3.8, 4) is 0 Å². The molecule has 6 heteroatoms. The van der Waals surface area contributed by atoms with E-state index in [1.807, 2.05) is 34.0 Å². The Morgan fingerprint density at radius 3 is 2.00 bits per heavy atom. The molecule has 0 radical (unpaired) electrons. The van der Waals surface area contributed by atoms with Crippen LogP contribution in [0.15, 0.2) is 11.1 Å². The molecule has 1 rings (SSSR count). The van der Waals surface area contributed by atoms with Crippen LogP contribution in [0.4, 0.5) is 0 Å². The van der Waals surface area contributed by atoms with Gasteiger partial charge in [0.1, 0.15) is 0 Å². The Morgan fingerprint density at radius 1 is 1.15 bits per heavy atom. The van der Waals surface area contributed by atoms with Crippen molar-refractivity contribution in [3.63, 3.8) is 0 Å². The molecule has 0 N–H and O–H groups in total. The molecule has 118 valence electrons. The average Bonchev–Trinajstić information content (AvgIpc) is 2.30. The highest BCUT2D eigenvalue weighted by Gasteiger charge is 2.53. The lowest BCUT2D eigenvalue weighted by atomic mass is 10.1. The van der Waals surface area contributed by atoms with E-state index >= 15 is 0 Å². The van der Waals surface area contributed by atoms with E-state index in [1.165, 1.54) is 11.1 Å². The lowest BCUT2D eigenvalue weighted by molar-refractivity contribution is 0.139. The Bertz CT molecular complexity index is 407. The Hall–Kier alpha value is 0.590. The molecular formula is C14H27O3PS2. The van der Waals surface area contributed by atoms with Crippen LogP contribution in [0.1, 0.15) is 48.0 Å². The summed E-state index contributed by atoms with van der Waals surface area (Å²) in [7, 11) is -3.21. The molecule has 20 heavy (non-hydrogen) atoms. The van der Waals surface area contributed by atoms with Gasteiger partial charge < -0.3 is 9.05 Å². The zero-order valence-electron chi connectivity index (χ0n) is 13.6. The van der Waals surface area contributed by atoms with Crippen LogP contribution in [0.5, 0.6) is 0 Å². The molecule has 0 saturated heterocycles. The van der Waals surface area contributed by atoms with Gasteiger partial charge in [-0.1, -0.05) is 11.1 Å². The normalized spacial score (nSPS) is 24.9. The van der Waals surface area contributed by atoms with Crippen molar-refractivity contribution in [3.05, 3.63) is 11.1 Å². The number of thioether (sulfide) groups is 2. The zero-order valence-corrected chi connectivity index (χ0v) is 16.1. The Balaban J connectivity index is 3.18. The molecule has 3 nitrogen and oxygen atoms in total. The van der Waals surface area contributed by atoms with E-state index < -0.39 is 11.4 Å². The molecule has 0 spiro atoms. The Morgan fingerprint density at radius 2 is 1.65 bits per heavy atom. The summed E-state index contributed by atoms with van der Waals surface area (Å²) in [5.74, 6) is 0.888. The van der Waals surface area contributed by atoms with E-state index in [2.05, 4.69) is 13.8 Å². The molecule has 1 aliphatic heterocycles. The summed E-state index contributed by atoms with van der Waals surface area (Å²) >= 11 is 3.31. The highest BCUT2D eigenvalue weighted by atomic mass is 32.2. The highest BCUT2D eigenvalue weighted by Crippen LogP contribution is 2.73. The topological polar surface area (TPSA) is 35.5 Å². The smallest absolute Gasteiger partial charge is 0.304 e. The van der Waals surface area contributed by atoms with Gasteiger partial charge in [-0.05, 0) is 47.8 Å². The van der Waals surface area contributed by atoms with Gasteiger partial charge in [-0.25, -0.2) is 0 Å². The summed E-state index contributed by atoms with van der Waals surface area (Å²) in [5.41, 5.74) is 2.68. The van der Waals surface area contributed by atoms with Gasteiger partial charge in [0.25, 0.3) is 0 Å². The maximum Gasteiger partial charge on any atom is 0.357 e. The summed E-state index contributed by atoms with van der Waals surface area (Å²) in [6.45, 7) is 11.9. The van der Waals surface area contributed by atoms with Gasteiger partial charge in [0.2, 0.25) is 0 Å². The monoisotopic (exact) mass is 338 g/mol. The van der Waals surface area contributed by atoms with Crippen LogP contribution >= 0.6 is 31.1 Å². The molecule has 0 aromatic heterocycles. The van der Waals surface area contributed by atoms with E-state index in [1.54, 1.807) is 23.5 Å². The van der Waals surface area contributed by atoms with Crippen LogP contribution in [0.25, 0.3) is 0 Å². The molecule has 1 aliphatic rings. The van der Waals surface area contributed by atoms with Gasteiger partial charge in [-0.15, -0.1) is 23.5 Å². The van der Waals surface area contributed by atoms with Crippen LogP contribution in [0.2, 0.25) is 0 Å². The first-order chi connectivity index (χ1) is 9.16. The van der Waals surface area contributed by atoms with Crippen LogP contribution < -0.4 is 0 Å². The largest absolute Gasteiger partial charge is 0.357 e. The molecule has 0 saturated carbocycles. The lowest BCUT2D eigenvalue weighted by Gasteiger charge is -2.41. The molecule has 0 amide bonds. The van der Waals surface area contributed by atoms with E-state index in [0.29, 0.717) is 0 Å². The third-order valence-electron chi connectivity index (χ3n) is 3.17. The fourth-order valence-corrected chi connectivity index (χ4v) is 8.21. The second-order valence-electron chi connectivity index (χ2n) is 5.75. The summed E-state index contributed by atoms with van der Waals surface area (Å²) in [6.07, 6.45) is 2.52. The maximum atomic E-state index is 13.5. The minimum Gasteiger partial charge on any atom is -0.304 e. The predicted molar refractivity (Wildman–Crippen MR) is 91.7 cm³/mol. The molecule has 0 aromatic rings. The minimum absolute atomic E-state index is 0.114. The van der Waals surface area contributed by atoms with Crippen LogP contribution in [-0.2, 0) is 13.6 Å². The van der Waals surface area contributed by atoms with E-state index in [-0.39, 0.29) is 12.2 Å². The fourth-order valence-electron chi connectivity index (χ4n) is 2.04. The van der Waals surface area contributed by atoms with Crippen molar-refractivity contribution in [2.24, 2.45) is 0 Å². The second kappa shape index (κ2) is 7.23. The molecular weight excluding hydrogens is 311 g/mol. The lowest BCUT2D eigenvalue weighted by Crippen LogP contribution is -2.29. The van der Waals surface area contributed by atoms with Crippen LogP contribution in [-0.4, -0.2) is 28.0 Å². The number of rotatable bonds is 6. The molecule has 0 aromatic carbocycles. The van der Waals surface area contributed by atoms with Crippen LogP contribution in [0.3, 0.4) is 0 Å². The maximum absolute atomic E-state index is 13.5. The van der Waals surface area contributed by atoms with Gasteiger partial charge in [0.05, 0.1) is 12.2 Å². The van der Waals surface area contributed by atoms with Crippen molar-refractivity contribution < 1.29 is 13.6 Å². The van der Waals surface area contributed by atoms with Crippen LogP contribution in [0, 0.1) is 0 Å². The molecule has 0 bridgehead atoms. The van der Waals surface area contributed by atoms with Gasteiger partial charge >= 0.3 is 7.60 Å². The van der Waals surface area contributed by atoms with Crippen molar-refractivity contribution in [2.75, 3.05) is 12.0 Å². The summed E-state index contributed by atoms with van der Waals surface area (Å²) in [4.78, 5) is 0. The van der Waals surface area contributed by atoms with Crippen molar-refractivity contribution in [1.82, 2.24) is 0 Å². The van der Waals surface area contributed by atoms with Gasteiger partial charge in [0, 0.05) is 12.2 Å². The third-order valence-corrected chi connectivity index (χ3v) is 10.6. The Labute approximate surface area is 132 Å². The summed E-state index contributed by atoms with van der Waals surface area (Å²) in [6, 6.07) is 0. The zero-order chi connectivity index (χ0) is 15.6. The van der Waals surface area contributed by atoms with Gasteiger partial charge in [0.15, 0.2) is 3.82 Å². The fraction of sp³-hybridized carbons (Fsp3) is 0.857. The summed E-state index contributed by atoms with van der Waals surface area (Å²) in [5, 5.41) is 0. The standard InChI is InChI=1S/C14H27O3PS2/c1-10(2)16-18(15,17-11(3)4)14(19-7)8-12(5)13(6)9-20-14/h10-11H,8-9H2,1-7H3/t14-/m0/s1. The first kappa shape index (κ1) is 18.6. The average molecular weight is 338 g/mol. The number of allylic oxidation sites excluding steroid dienone is 1. The molecule has 0 aliphatic carbocycles. The van der Waals surface area contributed by atoms with Gasteiger partial charge in [-0.2, -0.15) is 0 Å². The molecule has 0 fully saturated rings. The number of hydrogen-bond donors (Lipinski definition) is 0. The third kappa shape index (κ3) is 4.07. The predicted octanol–water partition coefficient (Wildman–Crippen LogP) is 5.52. The van der Waals surface area contributed by atoms with E-state index in [0.717, 1.165) is 12.2 Å². The SMILES string of the molecule is CS[C@@]1(P(=O)(OC(C)C)OC(C)C)CC(C)=C(C)CS1. The quantitative estimate of drug-likeness (QED) is 0.471. The van der Waals surface area contributed by atoms with E-state index in [4.69, 9.17) is 9.05 Å². The number of hydrogen-bond acceptors (Lipinski definition) is 5. The summed E-state index contributed by atoms with van der Waals surface area (Å²) < 4.78 is 24.6. The van der Waals surface area contributed by atoms with E-state index in [9.17, 15) is 4.57 Å². The molecule has 1 heterocycles. The van der Waals surface area contributed by atoms with Crippen molar-refractivity contribution >= 4 is 31.1 Å². The first-order valence-corrected chi connectivity index (χ1v) is 10.7. The van der Waals surface area contributed by atoms with Crippen molar-refractivity contribution in [1.29, 1.82) is 0 Å². The second-order valence-corrected chi connectivity index (χ2v) is 11.2. The first-order valence-electron chi connectivity index (χ1n) is 6.97. The molecule has 0 unspecified atom stereocenters. The Kier molecular flexibility index (Phi) is 6.74. The minimum atomic E-state index is -3.21. The van der Waals surface area contributed by atoms with Gasteiger partial charge in [-0.3, -0.25) is 4.57 Å². The highest BCUT2D eigenvalue weighted by molar-refractivity contribution is 8.25.